The van der Waals surface area contributed by atoms with E-state index >= 15 is 0 Å². The van der Waals surface area contributed by atoms with Gasteiger partial charge in [-0.15, -0.1) is 0 Å². The SMILES string of the molecule is CCCOC[CH]OOC(=O)c1ccc(OC(C)C)cc1. The highest BCUT2D eigenvalue weighted by Gasteiger charge is 2.09. The highest BCUT2D eigenvalue weighted by atomic mass is 17.2. The molecule has 0 fully saturated rings. The van der Waals surface area contributed by atoms with E-state index in [1.165, 1.54) is 6.61 Å². The number of hydrogen-bond donors (Lipinski definition) is 0. The zero-order valence-corrected chi connectivity index (χ0v) is 12.1. The van der Waals surface area contributed by atoms with E-state index in [2.05, 4.69) is 9.78 Å². The lowest BCUT2D eigenvalue weighted by molar-refractivity contribution is -0.218. The maximum absolute atomic E-state index is 11.6. The van der Waals surface area contributed by atoms with Gasteiger partial charge >= 0.3 is 5.97 Å². The van der Waals surface area contributed by atoms with Crippen LogP contribution in [0.15, 0.2) is 24.3 Å². The van der Waals surface area contributed by atoms with Gasteiger partial charge in [0.25, 0.3) is 0 Å². The maximum Gasteiger partial charge on any atom is 0.373 e. The molecule has 20 heavy (non-hydrogen) atoms. The summed E-state index contributed by atoms with van der Waals surface area (Å²) in [6.07, 6.45) is 1.02. The summed E-state index contributed by atoms with van der Waals surface area (Å²) in [5.74, 6) is 0.143. The van der Waals surface area contributed by atoms with Crippen LogP contribution < -0.4 is 4.74 Å². The summed E-state index contributed by atoms with van der Waals surface area (Å²) in [4.78, 5) is 20.9. The Morgan fingerprint density at radius 1 is 1.25 bits per heavy atom. The third-order valence-corrected chi connectivity index (χ3v) is 2.19. The molecule has 0 aliphatic rings. The smallest absolute Gasteiger partial charge is 0.373 e. The van der Waals surface area contributed by atoms with Crippen molar-refractivity contribution in [1.82, 2.24) is 0 Å². The third kappa shape index (κ3) is 6.54. The molecule has 0 amide bonds. The molecule has 0 aliphatic heterocycles. The van der Waals surface area contributed by atoms with E-state index < -0.39 is 5.97 Å². The first-order valence-electron chi connectivity index (χ1n) is 6.67. The van der Waals surface area contributed by atoms with Crippen LogP contribution in [0.4, 0.5) is 0 Å². The molecule has 0 saturated heterocycles. The number of ether oxygens (including phenoxy) is 2. The van der Waals surface area contributed by atoms with Crippen molar-refractivity contribution in [2.45, 2.75) is 33.3 Å². The van der Waals surface area contributed by atoms with Crippen LogP contribution in [0.25, 0.3) is 0 Å². The lowest BCUT2D eigenvalue weighted by Gasteiger charge is -2.09. The van der Waals surface area contributed by atoms with Crippen LogP contribution >= 0.6 is 0 Å². The van der Waals surface area contributed by atoms with Gasteiger partial charge in [-0.3, -0.25) is 4.89 Å². The Labute approximate surface area is 119 Å². The summed E-state index contributed by atoms with van der Waals surface area (Å²) >= 11 is 0. The quantitative estimate of drug-likeness (QED) is 0.395. The van der Waals surface area contributed by atoms with Gasteiger partial charge in [0.05, 0.1) is 18.3 Å². The first kappa shape index (κ1) is 16.5. The van der Waals surface area contributed by atoms with Crippen molar-refractivity contribution in [2.24, 2.45) is 0 Å². The Balaban J connectivity index is 2.29. The van der Waals surface area contributed by atoms with E-state index in [9.17, 15) is 4.79 Å². The van der Waals surface area contributed by atoms with Gasteiger partial charge in [-0.25, -0.2) is 4.79 Å². The van der Waals surface area contributed by atoms with Crippen molar-refractivity contribution >= 4 is 5.97 Å². The zero-order chi connectivity index (χ0) is 14.8. The first-order chi connectivity index (χ1) is 9.63. The molecule has 0 N–H and O–H groups in total. The van der Waals surface area contributed by atoms with Gasteiger partial charge in [-0.2, -0.15) is 4.89 Å². The standard InChI is InChI=1S/C15H21O5/c1-4-9-17-10-11-18-20-15(16)13-5-7-14(8-6-13)19-12(2)3/h5-8,11-12H,4,9-10H2,1-3H3. The van der Waals surface area contributed by atoms with E-state index in [4.69, 9.17) is 9.47 Å². The minimum absolute atomic E-state index is 0.0915. The lowest BCUT2D eigenvalue weighted by Crippen LogP contribution is -2.08. The molecule has 0 heterocycles. The predicted molar refractivity (Wildman–Crippen MR) is 74.1 cm³/mol. The van der Waals surface area contributed by atoms with E-state index in [-0.39, 0.29) is 12.7 Å². The number of hydrogen-bond acceptors (Lipinski definition) is 5. The monoisotopic (exact) mass is 281 g/mol. The fourth-order valence-electron chi connectivity index (χ4n) is 1.37. The Morgan fingerprint density at radius 2 is 1.95 bits per heavy atom. The maximum atomic E-state index is 11.6. The molecule has 111 valence electrons. The number of carbonyl (C=O) groups excluding carboxylic acids is 1. The van der Waals surface area contributed by atoms with E-state index in [1.807, 2.05) is 20.8 Å². The Kier molecular flexibility index (Phi) is 7.69. The van der Waals surface area contributed by atoms with Crippen molar-refractivity contribution < 1.29 is 24.0 Å². The minimum atomic E-state index is -0.562. The molecule has 5 heteroatoms. The van der Waals surface area contributed by atoms with Crippen molar-refractivity contribution in [1.29, 1.82) is 0 Å². The summed E-state index contributed by atoms with van der Waals surface area (Å²) in [7, 11) is 0. The molecule has 0 atom stereocenters. The molecule has 0 bridgehead atoms. The minimum Gasteiger partial charge on any atom is -0.491 e. The van der Waals surface area contributed by atoms with Gasteiger partial charge in [0.15, 0.2) is 6.61 Å². The van der Waals surface area contributed by atoms with Gasteiger partial charge in [-0.1, -0.05) is 6.92 Å². The largest absolute Gasteiger partial charge is 0.491 e. The Bertz CT molecular complexity index is 386. The van der Waals surface area contributed by atoms with Crippen molar-refractivity contribution in [3.8, 4) is 5.75 Å². The fraction of sp³-hybridized carbons (Fsp3) is 0.467. The molecule has 1 aromatic carbocycles. The molecular weight excluding hydrogens is 260 g/mol. The van der Waals surface area contributed by atoms with Crippen molar-refractivity contribution in [3.05, 3.63) is 36.4 Å². The summed E-state index contributed by atoms with van der Waals surface area (Å²) in [5, 5.41) is 0. The number of carbonyl (C=O) groups is 1. The normalized spacial score (nSPS) is 10.6. The highest BCUT2D eigenvalue weighted by Crippen LogP contribution is 2.14. The summed E-state index contributed by atoms with van der Waals surface area (Å²) in [6, 6.07) is 6.67. The fourth-order valence-corrected chi connectivity index (χ4v) is 1.37. The van der Waals surface area contributed by atoms with Crippen LogP contribution in [0.1, 0.15) is 37.6 Å². The van der Waals surface area contributed by atoms with Gasteiger partial charge in [0.2, 0.25) is 0 Å². The van der Waals surface area contributed by atoms with Crippen LogP contribution in [0.5, 0.6) is 5.75 Å². The third-order valence-electron chi connectivity index (χ3n) is 2.19. The summed E-state index contributed by atoms with van der Waals surface area (Å²) < 4.78 is 10.6. The average molecular weight is 281 g/mol. The van der Waals surface area contributed by atoms with E-state index in [1.54, 1.807) is 24.3 Å². The summed E-state index contributed by atoms with van der Waals surface area (Å²) in [5.41, 5.74) is 0.393. The first-order valence-corrected chi connectivity index (χ1v) is 6.67. The molecule has 1 aromatic rings. The van der Waals surface area contributed by atoms with Crippen LogP contribution in [0.2, 0.25) is 0 Å². The Morgan fingerprint density at radius 3 is 2.55 bits per heavy atom. The van der Waals surface area contributed by atoms with E-state index in [0.717, 1.165) is 6.42 Å². The molecular formula is C15H21O5. The zero-order valence-electron chi connectivity index (χ0n) is 12.1. The van der Waals surface area contributed by atoms with Crippen molar-refractivity contribution in [3.63, 3.8) is 0 Å². The topological polar surface area (TPSA) is 54.0 Å². The van der Waals surface area contributed by atoms with Gasteiger partial charge < -0.3 is 9.47 Å². The van der Waals surface area contributed by atoms with Crippen LogP contribution in [-0.2, 0) is 14.5 Å². The summed E-state index contributed by atoms with van der Waals surface area (Å²) in [6.45, 7) is 8.10. The molecule has 1 radical (unpaired) electrons. The van der Waals surface area contributed by atoms with Crippen LogP contribution in [-0.4, -0.2) is 25.3 Å². The van der Waals surface area contributed by atoms with Crippen LogP contribution in [0, 0.1) is 6.61 Å². The molecule has 1 rings (SSSR count). The van der Waals surface area contributed by atoms with Gasteiger partial charge in [0.1, 0.15) is 5.75 Å². The number of benzene rings is 1. The second kappa shape index (κ2) is 9.34. The molecule has 0 aliphatic carbocycles. The molecule has 0 unspecified atom stereocenters. The van der Waals surface area contributed by atoms with Gasteiger partial charge in [-0.05, 0) is 44.5 Å². The average Bonchev–Trinajstić information content (AvgIpc) is 2.42. The second-order valence-electron chi connectivity index (χ2n) is 4.40. The van der Waals surface area contributed by atoms with Crippen LogP contribution in [0.3, 0.4) is 0 Å². The predicted octanol–water partition coefficient (Wildman–Crippen LogP) is 3.15. The van der Waals surface area contributed by atoms with E-state index in [0.29, 0.717) is 17.9 Å². The van der Waals surface area contributed by atoms with Crippen molar-refractivity contribution in [2.75, 3.05) is 13.2 Å². The Hall–Kier alpha value is -1.59. The molecule has 0 saturated carbocycles. The molecule has 0 aromatic heterocycles. The molecule has 0 spiro atoms. The molecule has 5 nitrogen and oxygen atoms in total. The highest BCUT2D eigenvalue weighted by molar-refractivity contribution is 5.89. The number of rotatable bonds is 9. The van der Waals surface area contributed by atoms with Gasteiger partial charge in [0, 0.05) is 6.61 Å². The lowest BCUT2D eigenvalue weighted by atomic mass is 10.2. The second-order valence-corrected chi connectivity index (χ2v) is 4.40.